The minimum atomic E-state index is -3.64. The van der Waals surface area contributed by atoms with Crippen LogP contribution in [0.5, 0.6) is 0 Å². The number of carbonyl (C=O) groups is 2. The number of anilines is 1. The van der Waals surface area contributed by atoms with Crippen LogP contribution < -0.4 is 15.4 Å². The van der Waals surface area contributed by atoms with Gasteiger partial charge in [-0.15, -0.1) is 11.3 Å². The van der Waals surface area contributed by atoms with Crippen molar-refractivity contribution in [3.05, 3.63) is 17.8 Å². The summed E-state index contributed by atoms with van der Waals surface area (Å²) in [5, 5.41) is 5.63. The number of thiazole rings is 1. The number of nitrogens with one attached hydrogen (secondary N) is 3. The van der Waals surface area contributed by atoms with E-state index in [0.29, 0.717) is 5.13 Å². The van der Waals surface area contributed by atoms with Crippen molar-refractivity contribution in [2.45, 2.75) is 25.0 Å². The zero-order chi connectivity index (χ0) is 18.6. The lowest BCUT2D eigenvalue weighted by Gasteiger charge is -2.04. The molecule has 0 spiro atoms. The van der Waals surface area contributed by atoms with Crippen LogP contribution in [0.25, 0.3) is 9.75 Å². The zero-order valence-corrected chi connectivity index (χ0v) is 16.3. The van der Waals surface area contributed by atoms with Crippen molar-refractivity contribution >= 4 is 49.6 Å². The van der Waals surface area contributed by atoms with Crippen molar-refractivity contribution in [1.29, 1.82) is 0 Å². The minimum Gasteiger partial charge on any atom is -0.355 e. The molecule has 0 aliphatic heterocycles. The van der Waals surface area contributed by atoms with Crippen molar-refractivity contribution in [2.24, 2.45) is 0 Å². The molecule has 0 radical (unpaired) electrons. The number of nitrogens with zero attached hydrogens (tertiary/aromatic N) is 1. The van der Waals surface area contributed by atoms with E-state index in [0.717, 1.165) is 26.8 Å². The first kappa shape index (κ1) is 19.5. The van der Waals surface area contributed by atoms with Gasteiger partial charge in [-0.1, -0.05) is 11.3 Å². The molecule has 0 aliphatic carbocycles. The Bertz CT molecular complexity index is 886. The molecule has 3 N–H and O–H groups in total. The third-order valence-corrected chi connectivity index (χ3v) is 7.23. The van der Waals surface area contributed by atoms with E-state index in [-0.39, 0.29) is 29.1 Å². The molecular formula is C14H18N4O4S3. The van der Waals surface area contributed by atoms with Crippen LogP contribution in [0, 0.1) is 6.92 Å². The van der Waals surface area contributed by atoms with Crippen molar-refractivity contribution < 1.29 is 18.0 Å². The van der Waals surface area contributed by atoms with E-state index < -0.39 is 10.0 Å². The smallest absolute Gasteiger partial charge is 0.250 e. The van der Waals surface area contributed by atoms with Crippen LogP contribution >= 0.6 is 22.7 Å². The molecule has 2 aromatic rings. The third kappa shape index (κ3) is 5.33. The first-order valence-corrected chi connectivity index (χ1v) is 10.4. The second-order valence-electron chi connectivity index (χ2n) is 5.11. The molecule has 0 aromatic carbocycles. The lowest BCUT2D eigenvalue weighted by molar-refractivity contribution is -0.119. The SMILES string of the molecule is CC(=O)NCCNS(=O)(=O)c1ccc(-c2sc(NC(C)=O)nc2C)s1. The Morgan fingerprint density at radius 3 is 2.48 bits per heavy atom. The summed E-state index contributed by atoms with van der Waals surface area (Å²) < 4.78 is 27.2. The average molecular weight is 403 g/mol. The Hall–Kier alpha value is -1.82. The van der Waals surface area contributed by atoms with Gasteiger partial charge in [-0.2, -0.15) is 0 Å². The predicted octanol–water partition coefficient (Wildman–Crippen LogP) is 1.55. The molecule has 0 unspecified atom stereocenters. The van der Waals surface area contributed by atoms with Crippen molar-refractivity contribution in [1.82, 2.24) is 15.0 Å². The molecule has 136 valence electrons. The molecule has 25 heavy (non-hydrogen) atoms. The lowest BCUT2D eigenvalue weighted by atomic mass is 10.3. The van der Waals surface area contributed by atoms with Gasteiger partial charge < -0.3 is 10.6 Å². The maximum absolute atomic E-state index is 12.3. The number of thiophene rings is 1. The van der Waals surface area contributed by atoms with E-state index >= 15 is 0 Å². The summed E-state index contributed by atoms with van der Waals surface area (Å²) in [6.45, 7) is 4.91. The number of sulfonamides is 1. The summed E-state index contributed by atoms with van der Waals surface area (Å²) in [4.78, 5) is 27.7. The van der Waals surface area contributed by atoms with Crippen LogP contribution in [-0.4, -0.2) is 38.3 Å². The van der Waals surface area contributed by atoms with E-state index in [4.69, 9.17) is 0 Å². The standard InChI is InChI=1S/C14H18N4O4S3/c1-8-13(24-14(17-8)18-10(3)20)11-4-5-12(23-11)25(21,22)16-7-6-15-9(2)19/h4-5,16H,6-7H2,1-3H3,(H,15,19)(H,17,18,20). The molecule has 2 heterocycles. The van der Waals surface area contributed by atoms with Crippen LogP contribution in [0.2, 0.25) is 0 Å². The molecule has 0 fully saturated rings. The highest BCUT2D eigenvalue weighted by atomic mass is 32.2. The van der Waals surface area contributed by atoms with Gasteiger partial charge in [0, 0.05) is 31.8 Å². The predicted molar refractivity (Wildman–Crippen MR) is 98.3 cm³/mol. The molecular weight excluding hydrogens is 384 g/mol. The molecule has 2 amide bonds. The summed E-state index contributed by atoms with van der Waals surface area (Å²) >= 11 is 2.42. The van der Waals surface area contributed by atoms with Gasteiger partial charge in [-0.05, 0) is 19.1 Å². The summed E-state index contributed by atoms with van der Waals surface area (Å²) in [7, 11) is -3.64. The van der Waals surface area contributed by atoms with E-state index in [9.17, 15) is 18.0 Å². The summed E-state index contributed by atoms with van der Waals surface area (Å²) in [6.07, 6.45) is 0. The van der Waals surface area contributed by atoms with Gasteiger partial charge in [0.2, 0.25) is 21.8 Å². The highest BCUT2D eigenvalue weighted by Gasteiger charge is 2.19. The van der Waals surface area contributed by atoms with Crippen LogP contribution in [0.15, 0.2) is 16.3 Å². The molecule has 0 bridgehead atoms. The molecule has 2 rings (SSSR count). The van der Waals surface area contributed by atoms with E-state index in [2.05, 4.69) is 20.3 Å². The van der Waals surface area contributed by atoms with Crippen LogP contribution in [0.4, 0.5) is 5.13 Å². The highest BCUT2D eigenvalue weighted by molar-refractivity contribution is 7.91. The molecule has 2 aromatic heterocycles. The number of rotatable bonds is 7. The molecule has 11 heteroatoms. The summed E-state index contributed by atoms with van der Waals surface area (Å²) in [6, 6.07) is 3.24. The lowest BCUT2D eigenvalue weighted by Crippen LogP contribution is -2.33. The Labute approximate surface area is 153 Å². The number of amides is 2. The number of aryl methyl sites for hydroxylation is 1. The van der Waals surface area contributed by atoms with Gasteiger partial charge in [0.25, 0.3) is 0 Å². The van der Waals surface area contributed by atoms with Gasteiger partial charge in [-0.25, -0.2) is 18.1 Å². The molecule has 0 aliphatic rings. The van der Waals surface area contributed by atoms with E-state index in [1.54, 1.807) is 13.0 Å². The van der Waals surface area contributed by atoms with Gasteiger partial charge in [0.1, 0.15) is 4.21 Å². The van der Waals surface area contributed by atoms with Gasteiger partial charge in [-0.3, -0.25) is 9.59 Å². The fourth-order valence-electron chi connectivity index (χ4n) is 1.91. The quantitative estimate of drug-likeness (QED) is 0.608. The van der Waals surface area contributed by atoms with E-state index in [1.807, 2.05) is 0 Å². The van der Waals surface area contributed by atoms with Gasteiger partial charge in [0.15, 0.2) is 5.13 Å². The largest absolute Gasteiger partial charge is 0.355 e. The Kier molecular flexibility index (Phi) is 6.27. The molecule has 0 atom stereocenters. The maximum atomic E-state index is 12.3. The minimum absolute atomic E-state index is 0.113. The average Bonchev–Trinajstić information content (AvgIpc) is 3.10. The normalized spacial score (nSPS) is 11.3. The first-order chi connectivity index (χ1) is 11.7. The topological polar surface area (TPSA) is 117 Å². The monoisotopic (exact) mass is 402 g/mol. The van der Waals surface area contributed by atoms with Gasteiger partial charge >= 0.3 is 0 Å². The fraction of sp³-hybridized carbons (Fsp3) is 0.357. The van der Waals surface area contributed by atoms with Crippen molar-refractivity contribution in [3.63, 3.8) is 0 Å². The van der Waals surface area contributed by atoms with Gasteiger partial charge in [0.05, 0.1) is 10.6 Å². The van der Waals surface area contributed by atoms with Crippen LogP contribution in [0.1, 0.15) is 19.5 Å². The number of aromatic nitrogens is 1. The second-order valence-corrected chi connectivity index (χ2v) is 9.19. The van der Waals surface area contributed by atoms with Crippen molar-refractivity contribution in [3.8, 4) is 9.75 Å². The molecule has 8 nitrogen and oxygen atoms in total. The fourth-order valence-corrected chi connectivity index (χ4v) is 5.47. The highest BCUT2D eigenvalue weighted by Crippen LogP contribution is 2.38. The van der Waals surface area contributed by atoms with Crippen LogP contribution in [-0.2, 0) is 19.6 Å². The third-order valence-electron chi connectivity index (χ3n) is 2.94. The second kappa shape index (κ2) is 8.04. The first-order valence-electron chi connectivity index (χ1n) is 7.28. The molecule has 0 saturated heterocycles. The Balaban J connectivity index is 2.12. The summed E-state index contributed by atoms with van der Waals surface area (Å²) in [5.41, 5.74) is 0.721. The van der Waals surface area contributed by atoms with Crippen molar-refractivity contribution in [2.75, 3.05) is 18.4 Å². The zero-order valence-electron chi connectivity index (χ0n) is 13.9. The Morgan fingerprint density at radius 2 is 1.84 bits per heavy atom. The van der Waals surface area contributed by atoms with Crippen LogP contribution in [0.3, 0.4) is 0 Å². The summed E-state index contributed by atoms with van der Waals surface area (Å²) in [5.74, 6) is -0.425. The molecule has 0 saturated carbocycles. The number of hydrogen-bond acceptors (Lipinski definition) is 7. The van der Waals surface area contributed by atoms with E-state index in [1.165, 1.54) is 31.3 Å². The number of carbonyl (C=O) groups excluding carboxylic acids is 2. The number of hydrogen-bond donors (Lipinski definition) is 3. The maximum Gasteiger partial charge on any atom is 0.250 e. The Morgan fingerprint density at radius 1 is 1.12 bits per heavy atom.